The van der Waals surface area contributed by atoms with E-state index in [1.807, 2.05) is 36.4 Å². The average molecular weight is 522 g/mol. The maximum absolute atomic E-state index is 14.0. The van der Waals surface area contributed by atoms with E-state index in [0.29, 0.717) is 24.2 Å². The molecule has 2 aromatic carbocycles. The van der Waals surface area contributed by atoms with E-state index in [9.17, 15) is 4.79 Å². The van der Waals surface area contributed by atoms with E-state index < -0.39 is 5.41 Å². The van der Waals surface area contributed by atoms with E-state index in [4.69, 9.17) is 14.2 Å². The van der Waals surface area contributed by atoms with Crippen LogP contribution < -0.4 is 12.4 Å². The molecule has 1 aromatic heterocycles. The number of hydrogen-bond acceptors (Lipinski definition) is 5. The van der Waals surface area contributed by atoms with Crippen LogP contribution in [-0.4, -0.2) is 46.3 Å². The molecule has 1 atom stereocenters. The lowest BCUT2D eigenvalue weighted by Gasteiger charge is -2.51. The molecule has 0 amide bonds. The zero-order valence-electron chi connectivity index (χ0n) is 21.4. The van der Waals surface area contributed by atoms with E-state index >= 15 is 0 Å². The zero-order valence-corrected chi connectivity index (χ0v) is 22.1. The van der Waals surface area contributed by atoms with Crippen molar-refractivity contribution in [3.8, 4) is 11.4 Å². The van der Waals surface area contributed by atoms with Crippen molar-refractivity contribution in [2.45, 2.75) is 69.4 Å². The quantitative estimate of drug-likeness (QED) is 0.283. The number of rotatable bonds is 6. The molecule has 3 aromatic rings. The summed E-state index contributed by atoms with van der Waals surface area (Å²) in [7, 11) is 0. The van der Waals surface area contributed by atoms with Crippen LogP contribution in [0.5, 0.6) is 0 Å². The molecular formula is C30H36ClN3O3. The summed E-state index contributed by atoms with van der Waals surface area (Å²) in [5.41, 5.74) is 1.58. The SMILES string of the molecule is O=C(OC1C[N+]2(Cc3nc(-c4ccccc4)no3)CCC1CC2)C1(c2ccccc2)CCCCCC1.[Cl-]. The number of piperidine rings is 3. The van der Waals surface area contributed by atoms with Crippen molar-refractivity contribution >= 4 is 5.97 Å². The van der Waals surface area contributed by atoms with Crippen LogP contribution in [0.4, 0.5) is 0 Å². The largest absolute Gasteiger partial charge is 1.00 e. The summed E-state index contributed by atoms with van der Waals surface area (Å²) in [6.07, 6.45) is 8.45. The smallest absolute Gasteiger partial charge is 0.317 e. The van der Waals surface area contributed by atoms with Gasteiger partial charge in [0, 0.05) is 24.3 Å². The monoisotopic (exact) mass is 521 g/mol. The summed E-state index contributed by atoms with van der Waals surface area (Å²) >= 11 is 0. The molecule has 4 aliphatic rings. The summed E-state index contributed by atoms with van der Waals surface area (Å²) in [6.45, 7) is 3.69. The first-order chi connectivity index (χ1) is 17.7. The van der Waals surface area contributed by atoms with Gasteiger partial charge in [-0.1, -0.05) is 91.5 Å². The van der Waals surface area contributed by atoms with Gasteiger partial charge in [0.2, 0.25) is 5.82 Å². The second-order valence-electron chi connectivity index (χ2n) is 11.2. The van der Waals surface area contributed by atoms with Crippen molar-refractivity contribution in [2.75, 3.05) is 19.6 Å². The standard InChI is InChI=1S/C30H36N3O3.ClH/c34-29(30(17-9-1-2-10-18-30)25-13-7-4-8-14-25)35-26-21-33(19-15-23(26)16-20-33)22-27-31-28(32-36-27)24-11-5-3-6-12-24;/h3-8,11-14,23,26H,1-2,9-10,15-22H2;1H/q+1;/p-1. The molecule has 6 nitrogen and oxygen atoms in total. The molecule has 1 unspecified atom stereocenters. The van der Waals surface area contributed by atoms with Crippen LogP contribution in [0, 0.1) is 5.92 Å². The van der Waals surface area contributed by atoms with Gasteiger partial charge >= 0.3 is 5.97 Å². The van der Waals surface area contributed by atoms with Crippen LogP contribution in [0.3, 0.4) is 0 Å². The third-order valence-electron chi connectivity index (χ3n) is 8.94. The zero-order chi connectivity index (χ0) is 24.4. The van der Waals surface area contributed by atoms with Crippen molar-refractivity contribution in [1.82, 2.24) is 10.1 Å². The minimum absolute atomic E-state index is 0. The summed E-state index contributed by atoms with van der Waals surface area (Å²) in [4.78, 5) is 18.7. The Labute approximate surface area is 225 Å². The molecule has 0 radical (unpaired) electrons. The molecule has 196 valence electrons. The summed E-state index contributed by atoms with van der Waals surface area (Å²) < 4.78 is 13.0. The number of quaternary nitrogens is 1. The van der Waals surface area contributed by atoms with Crippen LogP contribution in [0.15, 0.2) is 65.2 Å². The van der Waals surface area contributed by atoms with Gasteiger partial charge in [-0.25, -0.2) is 0 Å². The number of benzene rings is 2. The van der Waals surface area contributed by atoms with Gasteiger partial charge in [0.25, 0.3) is 5.89 Å². The fraction of sp³-hybridized carbons (Fsp3) is 0.500. The molecule has 0 spiro atoms. The Kier molecular flexibility index (Phi) is 7.68. The molecule has 37 heavy (non-hydrogen) atoms. The van der Waals surface area contributed by atoms with E-state index in [1.165, 1.54) is 12.8 Å². The molecule has 7 heteroatoms. The summed E-state index contributed by atoms with van der Waals surface area (Å²) in [5.74, 6) is 1.76. The van der Waals surface area contributed by atoms with Gasteiger partial charge in [-0.2, -0.15) is 4.98 Å². The molecule has 2 bridgehead atoms. The van der Waals surface area contributed by atoms with E-state index in [2.05, 4.69) is 29.4 Å². The van der Waals surface area contributed by atoms with E-state index in [-0.39, 0.29) is 24.5 Å². The second kappa shape index (κ2) is 11.0. The summed E-state index contributed by atoms with van der Waals surface area (Å²) in [6, 6.07) is 20.3. The predicted molar refractivity (Wildman–Crippen MR) is 137 cm³/mol. The topological polar surface area (TPSA) is 65.2 Å². The number of ether oxygens (including phenoxy) is 1. The number of carbonyl (C=O) groups excluding carboxylic acids is 1. The fourth-order valence-electron chi connectivity index (χ4n) is 6.84. The van der Waals surface area contributed by atoms with Gasteiger partial charge in [0.1, 0.15) is 6.54 Å². The minimum atomic E-state index is -0.508. The fourth-order valence-corrected chi connectivity index (χ4v) is 6.84. The van der Waals surface area contributed by atoms with Gasteiger partial charge in [-0.3, -0.25) is 4.79 Å². The lowest BCUT2D eigenvalue weighted by atomic mass is 9.74. The molecule has 1 aliphatic carbocycles. The number of carbonyl (C=O) groups is 1. The number of hydrogen-bond donors (Lipinski definition) is 0. The van der Waals surface area contributed by atoms with Crippen molar-refractivity contribution in [2.24, 2.45) is 5.92 Å². The Morgan fingerprint density at radius 2 is 1.59 bits per heavy atom. The normalized spacial score (nSPS) is 26.6. The van der Waals surface area contributed by atoms with E-state index in [1.54, 1.807) is 0 Å². The molecule has 3 saturated heterocycles. The Balaban J connectivity index is 0.00000280. The number of halogens is 1. The van der Waals surface area contributed by atoms with Crippen LogP contribution in [0.1, 0.15) is 62.8 Å². The maximum Gasteiger partial charge on any atom is 0.317 e. The Morgan fingerprint density at radius 3 is 2.27 bits per heavy atom. The van der Waals surface area contributed by atoms with Crippen molar-refractivity contribution in [3.05, 3.63) is 72.1 Å². The van der Waals surface area contributed by atoms with Gasteiger partial charge in [0.15, 0.2) is 12.6 Å². The van der Waals surface area contributed by atoms with Crippen LogP contribution in [-0.2, 0) is 21.5 Å². The Hall–Kier alpha value is -2.70. The number of aromatic nitrogens is 2. The third kappa shape index (κ3) is 5.19. The Morgan fingerprint density at radius 1 is 0.946 bits per heavy atom. The average Bonchev–Trinajstić information content (AvgIpc) is 3.23. The Bertz CT molecular complexity index is 1170. The van der Waals surface area contributed by atoms with Crippen LogP contribution in [0.25, 0.3) is 11.4 Å². The number of nitrogens with zero attached hydrogens (tertiary/aromatic N) is 3. The molecule has 4 heterocycles. The third-order valence-corrected chi connectivity index (χ3v) is 8.94. The molecule has 4 fully saturated rings. The minimum Gasteiger partial charge on any atom is -1.00 e. The van der Waals surface area contributed by atoms with Crippen LogP contribution in [0.2, 0.25) is 0 Å². The second-order valence-corrected chi connectivity index (χ2v) is 11.2. The van der Waals surface area contributed by atoms with Crippen molar-refractivity contribution in [1.29, 1.82) is 0 Å². The number of fused-ring (bicyclic) bond motifs is 3. The first kappa shape index (κ1) is 25.9. The lowest BCUT2D eigenvalue weighted by Crippen LogP contribution is -3.00. The van der Waals surface area contributed by atoms with Gasteiger partial charge < -0.3 is 26.2 Å². The van der Waals surface area contributed by atoms with Crippen LogP contribution >= 0.6 is 0 Å². The first-order valence-corrected chi connectivity index (χ1v) is 13.7. The van der Waals surface area contributed by atoms with Crippen molar-refractivity contribution in [3.63, 3.8) is 0 Å². The predicted octanol–water partition coefficient (Wildman–Crippen LogP) is 2.69. The maximum atomic E-state index is 14.0. The lowest BCUT2D eigenvalue weighted by molar-refractivity contribution is -0.959. The van der Waals surface area contributed by atoms with Gasteiger partial charge in [-0.15, -0.1) is 0 Å². The number of esters is 1. The van der Waals surface area contributed by atoms with E-state index in [0.717, 1.165) is 73.8 Å². The molecule has 0 N–H and O–H groups in total. The highest BCUT2D eigenvalue weighted by atomic mass is 35.5. The van der Waals surface area contributed by atoms with Gasteiger partial charge in [-0.05, 0) is 18.4 Å². The highest BCUT2D eigenvalue weighted by molar-refractivity contribution is 5.83. The summed E-state index contributed by atoms with van der Waals surface area (Å²) in [5, 5.41) is 4.23. The van der Waals surface area contributed by atoms with Gasteiger partial charge in [0.05, 0.1) is 18.5 Å². The highest BCUT2D eigenvalue weighted by Crippen LogP contribution is 2.42. The molecule has 1 saturated carbocycles. The first-order valence-electron chi connectivity index (χ1n) is 13.7. The molecule has 3 aliphatic heterocycles. The van der Waals surface area contributed by atoms with Crippen molar-refractivity contribution < 1.29 is 30.9 Å². The molecular weight excluding hydrogens is 486 g/mol. The highest BCUT2D eigenvalue weighted by Gasteiger charge is 2.51. The molecule has 7 rings (SSSR count).